The molecular formula is C20H13IN2O2. The maximum Gasteiger partial charge on any atom is 0.255 e. The van der Waals surface area contributed by atoms with Gasteiger partial charge in [-0.25, -0.2) is 4.98 Å². The molecule has 1 heterocycles. The zero-order valence-electron chi connectivity index (χ0n) is 13.1. The van der Waals surface area contributed by atoms with Crippen LogP contribution in [0.25, 0.3) is 22.6 Å². The van der Waals surface area contributed by atoms with Crippen LogP contribution in [0.15, 0.2) is 77.2 Å². The third kappa shape index (κ3) is 3.41. The zero-order valence-corrected chi connectivity index (χ0v) is 15.2. The van der Waals surface area contributed by atoms with E-state index in [0.29, 0.717) is 28.2 Å². The van der Waals surface area contributed by atoms with Gasteiger partial charge in [-0.3, -0.25) is 4.79 Å². The van der Waals surface area contributed by atoms with Crippen LogP contribution in [0.5, 0.6) is 0 Å². The summed E-state index contributed by atoms with van der Waals surface area (Å²) in [6.45, 7) is 0. The first-order valence-electron chi connectivity index (χ1n) is 7.72. The highest BCUT2D eigenvalue weighted by molar-refractivity contribution is 14.1. The first kappa shape index (κ1) is 15.8. The minimum atomic E-state index is -0.152. The Bertz CT molecular complexity index is 1040. The van der Waals surface area contributed by atoms with Crippen LogP contribution in [0.4, 0.5) is 5.69 Å². The summed E-state index contributed by atoms with van der Waals surface area (Å²) >= 11 is 2.26. The van der Waals surface area contributed by atoms with E-state index < -0.39 is 0 Å². The molecule has 0 saturated heterocycles. The summed E-state index contributed by atoms with van der Waals surface area (Å²) < 4.78 is 6.97. The Balaban J connectivity index is 1.62. The lowest BCUT2D eigenvalue weighted by atomic mass is 10.2. The Morgan fingerprint density at radius 3 is 2.48 bits per heavy atom. The second kappa shape index (κ2) is 6.68. The number of hydrogen-bond acceptors (Lipinski definition) is 3. The molecule has 0 unspecified atom stereocenters. The number of amides is 1. The van der Waals surface area contributed by atoms with Crippen molar-refractivity contribution in [3.8, 4) is 11.5 Å². The van der Waals surface area contributed by atoms with Gasteiger partial charge in [0.15, 0.2) is 5.58 Å². The SMILES string of the molecule is O=C(Nc1ccc2oc(-c3ccc(I)cc3)nc2c1)c1ccccc1. The molecule has 122 valence electrons. The summed E-state index contributed by atoms with van der Waals surface area (Å²) in [4.78, 5) is 16.8. The standard InChI is InChI=1S/C20H13IN2O2/c21-15-8-6-14(7-9-15)20-23-17-12-16(10-11-18(17)25-20)22-19(24)13-4-2-1-3-5-13/h1-12H,(H,22,24). The van der Waals surface area contributed by atoms with Crippen LogP contribution in [0.3, 0.4) is 0 Å². The largest absolute Gasteiger partial charge is 0.436 e. The van der Waals surface area contributed by atoms with Crippen molar-refractivity contribution >= 4 is 45.3 Å². The summed E-state index contributed by atoms with van der Waals surface area (Å²) in [6, 6.07) is 22.5. The van der Waals surface area contributed by atoms with Crippen LogP contribution in [-0.4, -0.2) is 10.9 Å². The smallest absolute Gasteiger partial charge is 0.255 e. The van der Waals surface area contributed by atoms with Crippen molar-refractivity contribution in [2.75, 3.05) is 5.32 Å². The van der Waals surface area contributed by atoms with Crippen molar-refractivity contribution in [3.63, 3.8) is 0 Å². The number of carbonyl (C=O) groups is 1. The number of anilines is 1. The van der Waals surface area contributed by atoms with Crippen LogP contribution in [-0.2, 0) is 0 Å². The number of fused-ring (bicyclic) bond motifs is 1. The molecule has 4 nitrogen and oxygen atoms in total. The fourth-order valence-corrected chi connectivity index (χ4v) is 2.87. The van der Waals surface area contributed by atoms with Gasteiger partial charge in [-0.15, -0.1) is 0 Å². The highest BCUT2D eigenvalue weighted by Gasteiger charge is 2.10. The van der Waals surface area contributed by atoms with Gasteiger partial charge >= 0.3 is 0 Å². The molecule has 0 aliphatic carbocycles. The second-order valence-electron chi connectivity index (χ2n) is 5.53. The topological polar surface area (TPSA) is 55.1 Å². The van der Waals surface area contributed by atoms with E-state index in [1.54, 1.807) is 12.1 Å². The molecule has 0 radical (unpaired) electrons. The number of nitrogens with zero attached hydrogens (tertiary/aromatic N) is 1. The lowest BCUT2D eigenvalue weighted by Gasteiger charge is -2.04. The van der Waals surface area contributed by atoms with E-state index >= 15 is 0 Å². The Hall–Kier alpha value is -2.67. The van der Waals surface area contributed by atoms with Gasteiger partial charge < -0.3 is 9.73 Å². The minimum absolute atomic E-state index is 0.152. The lowest BCUT2D eigenvalue weighted by Crippen LogP contribution is -2.11. The summed E-state index contributed by atoms with van der Waals surface area (Å²) in [6.07, 6.45) is 0. The number of oxazole rings is 1. The number of nitrogens with one attached hydrogen (secondary N) is 1. The molecule has 4 aromatic rings. The molecule has 0 fully saturated rings. The molecule has 0 aliphatic heterocycles. The van der Waals surface area contributed by atoms with Crippen molar-refractivity contribution in [3.05, 3.63) is 81.9 Å². The third-order valence-corrected chi connectivity index (χ3v) is 4.49. The molecule has 0 saturated carbocycles. The van der Waals surface area contributed by atoms with Crippen LogP contribution >= 0.6 is 22.6 Å². The van der Waals surface area contributed by atoms with Gasteiger partial charge in [0.25, 0.3) is 5.91 Å². The van der Waals surface area contributed by atoms with Gasteiger partial charge in [0.05, 0.1) is 0 Å². The van der Waals surface area contributed by atoms with E-state index in [2.05, 4.69) is 32.9 Å². The highest BCUT2D eigenvalue weighted by Crippen LogP contribution is 2.26. The Morgan fingerprint density at radius 1 is 0.960 bits per heavy atom. The average Bonchev–Trinajstić information content (AvgIpc) is 3.06. The van der Waals surface area contributed by atoms with Gasteiger partial charge in [0.1, 0.15) is 5.52 Å². The Labute approximate surface area is 158 Å². The molecule has 0 atom stereocenters. The quantitative estimate of drug-likeness (QED) is 0.437. The Kier molecular flexibility index (Phi) is 4.23. The fourth-order valence-electron chi connectivity index (χ4n) is 2.51. The summed E-state index contributed by atoms with van der Waals surface area (Å²) in [5, 5.41) is 2.89. The second-order valence-corrected chi connectivity index (χ2v) is 6.77. The monoisotopic (exact) mass is 440 g/mol. The normalized spacial score (nSPS) is 10.8. The van der Waals surface area contributed by atoms with Crippen molar-refractivity contribution < 1.29 is 9.21 Å². The van der Waals surface area contributed by atoms with E-state index in [0.717, 1.165) is 9.13 Å². The molecule has 1 aromatic heterocycles. The third-order valence-electron chi connectivity index (χ3n) is 3.77. The van der Waals surface area contributed by atoms with Crippen molar-refractivity contribution in [2.24, 2.45) is 0 Å². The predicted octanol–water partition coefficient (Wildman–Crippen LogP) is 5.35. The minimum Gasteiger partial charge on any atom is -0.436 e. The van der Waals surface area contributed by atoms with Gasteiger partial charge in [-0.1, -0.05) is 18.2 Å². The first-order valence-corrected chi connectivity index (χ1v) is 8.80. The van der Waals surface area contributed by atoms with Crippen LogP contribution in [0, 0.1) is 3.57 Å². The summed E-state index contributed by atoms with van der Waals surface area (Å²) in [5.74, 6) is 0.416. The molecular weight excluding hydrogens is 427 g/mol. The number of carbonyl (C=O) groups excluding carboxylic acids is 1. The van der Waals surface area contributed by atoms with Crippen molar-refractivity contribution in [1.29, 1.82) is 0 Å². The first-order chi connectivity index (χ1) is 12.2. The number of benzene rings is 3. The van der Waals surface area contributed by atoms with Crippen molar-refractivity contribution in [2.45, 2.75) is 0 Å². The van der Waals surface area contributed by atoms with E-state index in [1.807, 2.05) is 60.7 Å². The zero-order chi connectivity index (χ0) is 17.2. The van der Waals surface area contributed by atoms with Gasteiger partial charge in [-0.2, -0.15) is 0 Å². The molecule has 1 amide bonds. The fraction of sp³-hybridized carbons (Fsp3) is 0. The molecule has 0 bridgehead atoms. The van der Waals surface area contributed by atoms with Gasteiger partial charge in [0.2, 0.25) is 5.89 Å². The van der Waals surface area contributed by atoms with Gasteiger partial charge in [-0.05, 0) is 77.2 Å². The molecule has 0 spiro atoms. The molecule has 1 N–H and O–H groups in total. The van der Waals surface area contributed by atoms with Crippen LogP contribution < -0.4 is 5.32 Å². The van der Waals surface area contributed by atoms with E-state index in [9.17, 15) is 4.79 Å². The molecule has 0 aliphatic rings. The molecule has 3 aromatic carbocycles. The van der Waals surface area contributed by atoms with E-state index in [-0.39, 0.29) is 5.91 Å². The summed E-state index contributed by atoms with van der Waals surface area (Å²) in [7, 11) is 0. The molecule has 25 heavy (non-hydrogen) atoms. The van der Waals surface area contributed by atoms with E-state index in [1.165, 1.54) is 0 Å². The lowest BCUT2D eigenvalue weighted by molar-refractivity contribution is 0.102. The number of rotatable bonds is 3. The number of aromatic nitrogens is 1. The average molecular weight is 440 g/mol. The summed E-state index contributed by atoms with van der Waals surface area (Å²) in [5.41, 5.74) is 3.61. The van der Waals surface area contributed by atoms with Gasteiger partial charge in [0, 0.05) is 20.4 Å². The maximum absolute atomic E-state index is 12.3. The predicted molar refractivity (Wildman–Crippen MR) is 107 cm³/mol. The number of halogens is 1. The van der Waals surface area contributed by atoms with Crippen LogP contribution in [0.1, 0.15) is 10.4 Å². The van der Waals surface area contributed by atoms with Crippen molar-refractivity contribution in [1.82, 2.24) is 4.98 Å². The Morgan fingerprint density at radius 2 is 1.72 bits per heavy atom. The van der Waals surface area contributed by atoms with Crippen LogP contribution in [0.2, 0.25) is 0 Å². The molecule has 4 rings (SSSR count). The molecule has 5 heteroatoms. The highest BCUT2D eigenvalue weighted by atomic mass is 127. The van der Waals surface area contributed by atoms with E-state index in [4.69, 9.17) is 4.42 Å². The number of hydrogen-bond donors (Lipinski definition) is 1. The maximum atomic E-state index is 12.3.